The number of aromatic nitrogens is 1. The average molecular weight is 441 g/mol. The Morgan fingerprint density at radius 3 is 2.82 bits per heavy atom. The van der Waals surface area contributed by atoms with Gasteiger partial charge in [-0.05, 0) is 31.2 Å². The highest BCUT2D eigenvalue weighted by Crippen LogP contribution is 2.46. The number of ether oxygens (including phenoxy) is 1. The van der Waals surface area contributed by atoms with Crippen molar-refractivity contribution in [2.24, 2.45) is 0 Å². The maximum atomic E-state index is 13.9. The second-order valence-corrected chi connectivity index (χ2v) is 8.24. The summed E-state index contributed by atoms with van der Waals surface area (Å²) in [5.41, 5.74) is -1.12. The summed E-state index contributed by atoms with van der Waals surface area (Å²) in [6, 6.07) is 6.83. The van der Waals surface area contributed by atoms with E-state index in [1.54, 1.807) is 6.07 Å². The molecular weight excluding hydrogens is 430 g/mol. The largest absolute Gasteiger partial charge is 0.481 e. The Morgan fingerprint density at radius 2 is 2.11 bits per heavy atom. The van der Waals surface area contributed by atoms with E-state index in [-0.39, 0.29) is 16.6 Å². The van der Waals surface area contributed by atoms with Crippen molar-refractivity contribution < 1.29 is 23.8 Å². The number of nitrogens with zero attached hydrogens (tertiary/aromatic N) is 2. The molecule has 1 amide bonds. The molecule has 3 aromatic rings. The predicted molar refractivity (Wildman–Crippen MR) is 104 cm³/mol. The van der Waals surface area contributed by atoms with Gasteiger partial charge in [-0.2, -0.15) is 0 Å². The average Bonchev–Trinajstić information content (AvgIpc) is 2.99. The molecule has 6 nitrogen and oxygen atoms in total. The number of carbonyl (C=O) groups excluding carboxylic acids is 1. The van der Waals surface area contributed by atoms with Crippen molar-refractivity contribution in [3.8, 4) is 5.75 Å². The molecule has 0 radical (unpaired) electrons. The van der Waals surface area contributed by atoms with E-state index >= 15 is 0 Å². The molecule has 1 atom stereocenters. The SMILES string of the molecule is CC1(CC(=O)O)Oc2ccc(F)cc2N(c2nc3c(Cl)cc(Cl)cc3s2)C1=O. The molecule has 10 heteroatoms. The summed E-state index contributed by atoms with van der Waals surface area (Å²) >= 11 is 13.4. The first-order valence-corrected chi connectivity index (χ1v) is 9.56. The van der Waals surface area contributed by atoms with Gasteiger partial charge in [0.25, 0.3) is 5.91 Å². The van der Waals surface area contributed by atoms with Crippen LogP contribution in [-0.2, 0) is 9.59 Å². The lowest BCUT2D eigenvalue weighted by Gasteiger charge is -2.38. The van der Waals surface area contributed by atoms with Gasteiger partial charge in [0, 0.05) is 11.1 Å². The first kappa shape index (κ1) is 18.9. The van der Waals surface area contributed by atoms with Gasteiger partial charge in [-0.15, -0.1) is 0 Å². The van der Waals surface area contributed by atoms with Crippen molar-refractivity contribution in [2.75, 3.05) is 4.90 Å². The molecule has 2 aromatic carbocycles. The first-order valence-electron chi connectivity index (χ1n) is 7.98. The summed E-state index contributed by atoms with van der Waals surface area (Å²) < 4.78 is 20.2. The normalized spacial score (nSPS) is 18.9. The number of halogens is 3. The van der Waals surface area contributed by atoms with Crippen LogP contribution in [0.2, 0.25) is 10.0 Å². The fourth-order valence-corrected chi connectivity index (χ4v) is 4.72. The fraction of sp³-hybridized carbons (Fsp3) is 0.167. The maximum Gasteiger partial charge on any atom is 0.307 e. The number of carbonyl (C=O) groups is 2. The number of amides is 1. The molecule has 0 fully saturated rings. The number of hydrogen-bond acceptors (Lipinski definition) is 5. The molecule has 2 heterocycles. The summed E-state index contributed by atoms with van der Waals surface area (Å²) in [5, 5.41) is 10.1. The summed E-state index contributed by atoms with van der Waals surface area (Å²) in [6.07, 6.45) is -0.573. The van der Waals surface area contributed by atoms with Crippen LogP contribution >= 0.6 is 34.5 Å². The van der Waals surface area contributed by atoms with Gasteiger partial charge in [-0.25, -0.2) is 14.3 Å². The molecule has 28 heavy (non-hydrogen) atoms. The molecule has 1 aromatic heterocycles. The van der Waals surface area contributed by atoms with E-state index in [4.69, 9.17) is 27.9 Å². The minimum atomic E-state index is -1.68. The highest BCUT2D eigenvalue weighted by atomic mass is 35.5. The molecule has 0 saturated carbocycles. The van der Waals surface area contributed by atoms with Crippen molar-refractivity contribution >= 4 is 67.5 Å². The molecule has 1 aliphatic rings. The van der Waals surface area contributed by atoms with Gasteiger partial charge in [0.2, 0.25) is 0 Å². The van der Waals surface area contributed by atoms with Crippen LogP contribution in [0.4, 0.5) is 15.2 Å². The van der Waals surface area contributed by atoms with Crippen LogP contribution in [0.3, 0.4) is 0 Å². The summed E-state index contributed by atoms with van der Waals surface area (Å²) in [5.74, 6) is -2.29. The quantitative estimate of drug-likeness (QED) is 0.617. The lowest BCUT2D eigenvalue weighted by molar-refractivity contribution is -0.148. The highest BCUT2D eigenvalue weighted by molar-refractivity contribution is 7.22. The van der Waals surface area contributed by atoms with E-state index in [0.717, 1.165) is 17.4 Å². The van der Waals surface area contributed by atoms with Crippen LogP contribution in [0.5, 0.6) is 5.75 Å². The molecule has 0 saturated heterocycles. The van der Waals surface area contributed by atoms with Crippen molar-refractivity contribution in [1.29, 1.82) is 0 Å². The van der Waals surface area contributed by atoms with E-state index in [1.165, 1.54) is 30.0 Å². The van der Waals surface area contributed by atoms with Crippen molar-refractivity contribution in [3.05, 3.63) is 46.2 Å². The molecule has 1 N–H and O–H groups in total. The van der Waals surface area contributed by atoms with Gasteiger partial charge in [0.1, 0.15) is 17.1 Å². The molecule has 4 rings (SSSR count). The number of aliphatic carboxylic acids is 1. The number of thiazole rings is 1. The number of anilines is 2. The van der Waals surface area contributed by atoms with E-state index in [1.807, 2.05) is 0 Å². The standard InChI is InChI=1S/C18H11Cl2FN2O4S/c1-18(7-14(24)25)16(26)23(11-6-9(21)2-3-12(11)27-18)17-22-15-10(20)4-8(19)5-13(15)28-17/h2-6H,7H2,1H3,(H,24,25). The minimum absolute atomic E-state index is 0.133. The summed E-state index contributed by atoms with van der Waals surface area (Å²) in [7, 11) is 0. The monoisotopic (exact) mass is 440 g/mol. The number of benzene rings is 2. The number of fused-ring (bicyclic) bond motifs is 2. The Bertz CT molecular complexity index is 1150. The molecule has 1 unspecified atom stereocenters. The van der Waals surface area contributed by atoms with Crippen molar-refractivity contribution in [1.82, 2.24) is 4.98 Å². The number of carboxylic acids is 1. The van der Waals surface area contributed by atoms with Crippen LogP contribution in [0.25, 0.3) is 10.2 Å². The number of carboxylic acid groups (broad SMARTS) is 1. The predicted octanol–water partition coefficient (Wildman–Crippen LogP) is 5.03. The first-order chi connectivity index (χ1) is 13.2. The highest BCUT2D eigenvalue weighted by Gasteiger charge is 2.48. The van der Waals surface area contributed by atoms with Gasteiger partial charge in [0.15, 0.2) is 10.7 Å². The topological polar surface area (TPSA) is 79.7 Å². The van der Waals surface area contributed by atoms with E-state index in [0.29, 0.717) is 20.3 Å². The van der Waals surface area contributed by atoms with Gasteiger partial charge in [-0.1, -0.05) is 34.5 Å². The zero-order chi connectivity index (χ0) is 20.2. The third kappa shape index (κ3) is 3.07. The maximum absolute atomic E-state index is 13.9. The lowest BCUT2D eigenvalue weighted by atomic mass is 9.97. The Kier molecular flexibility index (Phi) is 4.45. The number of rotatable bonds is 3. The van der Waals surface area contributed by atoms with Gasteiger partial charge < -0.3 is 9.84 Å². The molecule has 1 aliphatic heterocycles. The lowest BCUT2D eigenvalue weighted by Crippen LogP contribution is -2.53. The molecule has 0 spiro atoms. The zero-order valence-corrected chi connectivity index (χ0v) is 16.5. The Morgan fingerprint density at radius 1 is 1.36 bits per heavy atom. The van der Waals surface area contributed by atoms with Gasteiger partial charge >= 0.3 is 5.97 Å². The molecule has 144 valence electrons. The Labute approximate surface area is 172 Å². The second kappa shape index (κ2) is 6.58. The zero-order valence-electron chi connectivity index (χ0n) is 14.2. The molecule has 0 bridgehead atoms. The smallest absolute Gasteiger partial charge is 0.307 e. The van der Waals surface area contributed by atoms with Gasteiger partial charge in [-0.3, -0.25) is 9.59 Å². The van der Waals surface area contributed by atoms with Crippen LogP contribution in [-0.4, -0.2) is 27.6 Å². The van der Waals surface area contributed by atoms with Crippen LogP contribution < -0.4 is 9.64 Å². The van der Waals surface area contributed by atoms with Gasteiger partial charge in [0.05, 0.1) is 21.8 Å². The number of hydrogen-bond donors (Lipinski definition) is 1. The van der Waals surface area contributed by atoms with Crippen molar-refractivity contribution in [3.63, 3.8) is 0 Å². The van der Waals surface area contributed by atoms with Crippen LogP contribution in [0.1, 0.15) is 13.3 Å². The van der Waals surface area contributed by atoms with Crippen molar-refractivity contribution in [2.45, 2.75) is 18.9 Å². The summed E-state index contributed by atoms with van der Waals surface area (Å²) in [4.78, 5) is 30.1. The third-order valence-corrected chi connectivity index (χ3v) is 5.73. The summed E-state index contributed by atoms with van der Waals surface area (Å²) in [6.45, 7) is 1.37. The molecular formula is C18H11Cl2FN2O4S. The van der Waals surface area contributed by atoms with E-state index in [9.17, 15) is 19.1 Å². The Hall–Kier alpha value is -2.42. The molecule has 0 aliphatic carbocycles. The second-order valence-electron chi connectivity index (χ2n) is 6.39. The van der Waals surface area contributed by atoms with E-state index < -0.39 is 29.7 Å². The minimum Gasteiger partial charge on any atom is -0.481 e. The van der Waals surface area contributed by atoms with E-state index in [2.05, 4.69) is 4.98 Å². The van der Waals surface area contributed by atoms with Crippen LogP contribution in [0, 0.1) is 5.82 Å². The van der Waals surface area contributed by atoms with Crippen LogP contribution in [0.15, 0.2) is 30.3 Å². The Balaban J connectivity index is 1.93. The third-order valence-electron chi connectivity index (χ3n) is 4.23. The fourth-order valence-electron chi connectivity index (χ4n) is 3.02.